The van der Waals surface area contributed by atoms with Crippen molar-refractivity contribution in [1.82, 2.24) is 9.62 Å². The highest BCUT2D eigenvalue weighted by molar-refractivity contribution is 7.89. The van der Waals surface area contributed by atoms with Gasteiger partial charge < -0.3 is 5.32 Å². The van der Waals surface area contributed by atoms with Crippen LogP contribution in [0, 0.1) is 0 Å². The number of fused-ring (bicyclic) bond motifs is 1. The number of carbonyl (C=O) groups is 1. The fourth-order valence-electron chi connectivity index (χ4n) is 2.04. The van der Waals surface area contributed by atoms with Crippen LogP contribution < -0.4 is 5.32 Å². The Kier molecular flexibility index (Phi) is 4.95. The van der Waals surface area contributed by atoms with Crippen molar-refractivity contribution in [2.75, 3.05) is 20.1 Å². The largest absolute Gasteiger partial charge is 0.351 e. The number of rotatable bonds is 6. The fourth-order valence-corrected chi connectivity index (χ4v) is 3.20. The summed E-state index contributed by atoms with van der Waals surface area (Å²) in [7, 11) is -2.32. The lowest BCUT2D eigenvalue weighted by Gasteiger charge is -2.17. The number of likely N-dealkylation sites (N-methyl/N-ethyl adjacent to an activating group) is 1. The number of hydrogen-bond acceptors (Lipinski definition) is 3. The number of hydrogen-bond donors (Lipinski definition) is 1. The van der Waals surface area contributed by atoms with Crippen molar-refractivity contribution in [2.24, 2.45) is 0 Å². The van der Waals surface area contributed by atoms with Gasteiger partial charge in [-0.1, -0.05) is 36.4 Å². The Morgan fingerprint density at radius 3 is 2.59 bits per heavy atom. The van der Waals surface area contributed by atoms with Gasteiger partial charge in [-0.3, -0.25) is 4.79 Å². The molecule has 0 radical (unpaired) electrons. The Hall–Kier alpha value is -2.18. The van der Waals surface area contributed by atoms with Gasteiger partial charge in [0.2, 0.25) is 15.9 Å². The van der Waals surface area contributed by atoms with Crippen molar-refractivity contribution in [1.29, 1.82) is 0 Å². The van der Waals surface area contributed by atoms with E-state index in [9.17, 15) is 13.2 Å². The van der Waals surface area contributed by atoms with Gasteiger partial charge >= 0.3 is 0 Å². The Bertz CT molecular complexity index is 800. The van der Waals surface area contributed by atoms with E-state index in [1.165, 1.54) is 13.1 Å². The van der Waals surface area contributed by atoms with E-state index in [4.69, 9.17) is 0 Å². The number of benzene rings is 2. The first-order valence-corrected chi connectivity index (χ1v) is 8.22. The van der Waals surface area contributed by atoms with Gasteiger partial charge in [-0.05, 0) is 22.9 Å². The van der Waals surface area contributed by atoms with Gasteiger partial charge in [0, 0.05) is 13.6 Å². The summed E-state index contributed by atoms with van der Waals surface area (Å²) < 4.78 is 26.1. The summed E-state index contributed by atoms with van der Waals surface area (Å²) in [4.78, 5) is 11.8. The van der Waals surface area contributed by atoms with Crippen molar-refractivity contribution in [3.63, 3.8) is 0 Å². The van der Waals surface area contributed by atoms with Gasteiger partial charge in [-0.25, -0.2) is 8.42 Å². The summed E-state index contributed by atoms with van der Waals surface area (Å²) >= 11 is 0. The maximum absolute atomic E-state index is 12.5. The summed E-state index contributed by atoms with van der Waals surface area (Å²) in [6, 6.07) is 12.4. The first-order chi connectivity index (χ1) is 10.4. The maximum Gasteiger partial charge on any atom is 0.243 e. The standard InChI is InChI=1S/C16H18N2O3S/c1-3-10-17-16(19)12-18(2)22(20,21)15-9-8-13-6-4-5-7-14(13)11-15/h3-9,11H,1,10,12H2,2H3,(H,17,19). The SMILES string of the molecule is C=CCNC(=O)CN(C)S(=O)(=O)c1ccc2ccccc2c1. The third-order valence-electron chi connectivity index (χ3n) is 3.24. The number of nitrogens with zero attached hydrogens (tertiary/aromatic N) is 1. The molecule has 6 heteroatoms. The summed E-state index contributed by atoms with van der Waals surface area (Å²) in [5, 5.41) is 4.36. The molecule has 0 spiro atoms. The minimum Gasteiger partial charge on any atom is -0.351 e. The maximum atomic E-state index is 12.5. The molecule has 1 N–H and O–H groups in total. The molecular weight excluding hydrogens is 300 g/mol. The van der Waals surface area contributed by atoms with Gasteiger partial charge in [-0.2, -0.15) is 4.31 Å². The van der Waals surface area contributed by atoms with E-state index in [1.807, 2.05) is 24.3 Å². The van der Waals surface area contributed by atoms with Crippen LogP contribution in [0.4, 0.5) is 0 Å². The van der Waals surface area contributed by atoms with Gasteiger partial charge in [-0.15, -0.1) is 6.58 Å². The second-order valence-electron chi connectivity index (χ2n) is 4.86. The smallest absolute Gasteiger partial charge is 0.243 e. The van der Waals surface area contributed by atoms with Crippen LogP contribution in [0.5, 0.6) is 0 Å². The van der Waals surface area contributed by atoms with Crippen molar-refractivity contribution in [3.8, 4) is 0 Å². The third-order valence-corrected chi connectivity index (χ3v) is 5.04. The van der Waals surface area contributed by atoms with Crippen LogP contribution in [0.25, 0.3) is 10.8 Å². The van der Waals surface area contributed by atoms with Crippen LogP contribution in [0.1, 0.15) is 0 Å². The summed E-state index contributed by atoms with van der Waals surface area (Å²) in [5.74, 6) is -0.369. The molecule has 116 valence electrons. The molecule has 0 aromatic heterocycles. The molecule has 1 amide bonds. The van der Waals surface area contributed by atoms with Crippen LogP contribution in [-0.4, -0.2) is 38.8 Å². The van der Waals surface area contributed by atoms with Crippen LogP contribution in [-0.2, 0) is 14.8 Å². The minimum absolute atomic E-state index is 0.172. The van der Waals surface area contributed by atoms with Gasteiger partial charge in [0.05, 0.1) is 11.4 Å². The van der Waals surface area contributed by atoms with E-state index in [0.717, 1.165) is 15.1 Å². The van der Waals surface area contributed by atoms with E-state index in [-0.39, 0.29) is 17.3 Å². The predicted molar refractivity (Wildman–Crippen MR) is 87.0 cm³/mol. The van der Waals surface area contributed by atoms with Gasteiger partial charge in [0.1, 0.15) is 0 Å². The zero-order chi connectivity index (χ0) is 16.2. The Morgan fingerprint density at radius 1 is 1.23 bits per heavy atom. The second-order valence-corrected chi connectivity index (χ2v) is 6.91. The number of sulfonamides is 1. The van der Waals surface area contributed by atoms with Crippen molar-refractivity contribution >= 4 is 26.7 Å². The quantitative estimate of drug-likeness (QED) is 0.825. The second kappa shape index (κ2) is 6.72. The van der Waals surface area contributed by atoms with Crippen molar-refractivity contribution < 1.29 is 13.2 Å². The zero-order valence-electron chi connectivity index (χ0n) is 12.3. The molecule has 22 heavy (non-hydrogen) atoms. The average molecular weight is 318 g/mol. The molecular formula is C16H18N2O3S. The molecule has 0 fully saturated rings. The highest BCUT2D eigenvalue weighted by Gasteiger charge is 2.22. The lowest BCUT2D eigenvalue weighted by molar-refractivity contribution is -0.120. The predicted octanol–water partition coefficient (Wildman–Crippen LogP) is 1.76. The molecule has 0 aliphatic rings. The van der Waals surface area contributed by atoms with Crippen LogP contribution in [0.15, 0.2) is 60.0 Å². The van der Waals surface area contributed by atoms with Gasteiger partial charge in [0.15, 0.2) is 0 Å². The van der Waals surface area contributed by atoms with Crippen LogP contribution in [0.3, 0.4) is 0 Å². The minimum atomic E-state index is -3.70. The first kappa shape index (κ1) is 16.2. The lowest BCUT2D eigenvalue weighted by atomic mass is 10.1. The number of carbonyl (C=O) groups excluding carboxylic acids is 1. The Morgan fingerprint density at radius 2 is 1.91 bits per heavy atom. The molecule has 2 rings (SSSR count). The van der Waals surface area contributed by atoms with E-state index < -0.39 is 10.0 Å². The van der Waals surface area contributed by atoms with E-state index in [0.29, 0.717) is 6.54 Å². The molecule has 2 aromatic rings. The van der Waals surface area contributed by atoms with Gasteiger partial charge in [0.25, 0.3) is 0 Å². The highest BCUT2D eigenvalue weighted by atomic mass is 32.2. The molecule has 2 aromatic carbocycles. The van der Waals surface area contributed by atoms with E-state index in [1.54, 1.807) is 18.2 Å². The molecule has 0 aliphatic heterocycles. The highest BCUT2D eigenvalue weighted by Crippen LogP contribution is 2.21. The molecule has 0 unspecified atom stereocenters. The normalized spacial score (nSPS) is 11.5. The topological polar surface area (TPSA) is 66.5 Å². The fraction of sp³-hybridized carbons (Fsp3) is 0.188. The molecule has 0 bridgehead atoms. The number of amides is 1. The first-order valence-electron chi connectivity index (χ1n) is 6.78. The van der Waals surface area contributed by atoms with E-state index in [2.05, 4.69) is 11.9 Å². The average Bonchev–Trinajstić information content (AvgIpc) is 2.52. The summed E-state index contributed by atoms with van der Waals surface area (Å²) in [6.45, 7) is 3.57. The lowest BCUT2D eigenvalue weighted by Crippen LogP contribution is -2.38. The molecule has 0 aliphatic carbocycles. The Balaban J connectivity index is 2.23. The summed E-state index contributed by atoms with van der Waals surface area (Å²) in [6.07, 6.45) is 1.54. The van der Waals surface area contributed by atoms with Crippen molar-refractivity contribution in [3.05, 3.63) is 55.1 Å². The summed E-state index contributed by atoms with van der Waals surface area (Å²) in [5.41, 5.74) is 0. The Labute approximate surface area is 130 Å². The third kappa shape index (κ3) is 3.52. The molecule has 0 saturated heterocycles. The van der Waals surface area contributed by atoms with Crippen LogP contribution >= 0.6 is 0 Å². The monoisotopic (exact) mass is 318 g/mol. The molecule has 0 saturated carbocycles. The van der Waals surface area contributed by atoms with E-state index >= 15 is 0 Å². The van der Waals surface area contributed by atoms with Crippen molar-refractivity contribution in [2.45, 2.75) is 4.90 Å². The molecule has 0 heterocycles. The van der Waals surface area contributed by atoms with Crippen LogP contribution in [0.2, 0.25) is 0 Å². The molecule has 0 atom stereocenters. The zero-order valence-corrected chi connectivity index (χ0v) is 13.1. The number of nitrogens with one attached hydrogen (secondary N) is 1. The molecule has 5 nitrogen and oxygen atoms in total.